The first-order chi connectivity index (χ1) is 13.6. The smallest absolute Gasteiger partial charge is 0.229 e. The highest BCUT2D eigenvalue weighted by atomic mass is 15.1. The fraction of sp³-hybridized carbons (Fsp3) is 0.304. The second-order valence-corrected chi connectivity index (χ2v) is 6.98. The van der Waals surface area contributed by atoms with Gasteiger partial charge >= 0.3 is 0 Å². The van der Waals surface area contributed by atoms with Crippen LogP contribution in [0, 0.1) is 0 Å². The van der Waals surface area contributed by atoms with Crippen LogP contribution in [0.3, 0.4) is 0 Å². The zero-order valence-corrected chi connectivity index (χ0v) is 17.1. The molecule has 1 aromatic heterocycles. The standard InChI is InChI=1S/C23H29N5/c1-5-28(6-2)19-13-11-18(12-14-19)25-23-24-16-15-22(27-23)26-21-10-8-7-9-20(21)17(3)4/h7-17H,5-6H2,1-4H3,(H2,24,25,26,27). The number of benzene rings is 2. The molecule has 0 bridgehead atoms. The Morgan fingerprint density at radius 2 is 1.61 bits per heavy atom. The molecule has 0 saturated carbocycles. The maximum atomic E-state index is 4.61. The number of aromatic nitrogens is 2. The fourth-order valence-corrected chi connectivity index (χ4v) is 3.21. The van der Waals surface area contributed by atoms with E-state index in [4.69, 9.17) is 0 Å². The molecule has 0 unspecified atom stereocenters. The number of para-hydroxylation sites is 1. The van der Waals surface area contributed by atoms with Gasteiger partial charge in [-0.05, 0) is 61.7 Å². The minimum atomic E-state index is 0.437. The summed E-state index contributed by atoms with van der Waals surface area (Å²) >= 11 is 0. The second-order valence-electron chi connectivity index (χ2n) is 6.98. The Morgan fingerprint density at radius 3 is 2.29 bits per heavy atom. The van der Waals surface area contributed by atoms with Gasteiger partial charge < -0.3 is 15.5 Å². The number of anilines is 5. The topological polar surface area (TPSA) is 53.1 Å². The highest BCUT2D eigenvalue weighted by molar-refractivity contribution is 5.64. The maximum absolute atomic E-state index is 4.61. The van der Waals surface area contributed by atoms with Gasteiger partial charge in [0.05, 0.1) is 0 Å². The highest BCUT2D eigenvalue weighted by Gasteiger charge is 2.08. The molecule has 0 amide bonds. The molecule has 5 nitrogen and oxygen atoms in total. The van der Waals surface area contributed by atoms with Crippen molar-refractivity contribution in [2.24, 2.45) is 0 Å². The molecular weight excluding hydrogens is 346 g/mol. The van der Waals surface area contributed by atoms with Crippen molar-refractivity contribution in [3.63, 3.8) is 0 Å². The van der Waals surface area contributed by atoms with E-state index in [1.807, 2.05) is 12.1 Å². The van der Waals surface area contributed by atoms with Gasteiger partial charge in [-0.2, -0.15) is 4.98 Å². The predicted molar refractivity (Wildman–Crippen MR) is 119 cm³/mol. The molecule has 146 valence electrons. The lowest BCUT2D eigenvalue weighted by atomic mass is 10.0. The van der Waals surface area contributed by atoms with E-state index >= 15 is 0 Å². The molecular formula is C23H29N5. The first-order valence-corrected chi connectivity index (χ1v) is 9.91. The van der Waals surface area contributed by atoms with Gasteiger partial charge in [-0.1, -0.05) is 32.0 Å². The Hall–Kier alpha value is -3.08. The van der Waals surface area contributed by atoms with E-state index in [2.05, 4.69) is 95.7 Å². The van der Waals surface area contributed by atoms with Crippen molar-refractivity contribution in [3.05, 3.63) is 66.4 Å². The summed E-state index contributed by atoms with van der Waals surface area (Å²) in [6.07, 6.45) is 1.76. The average Bonchev–Trinajstić information content (AvgIpc) is 2.71. The molecule has 0 aliphatic heterocycles. The van der Waals surface area contributed by atoms with Gasteiger partial charge in [0, 0.05) is 36.3 Å². The average molecular weight is 376 g/mol. The number of rotatable bonds is 8. The molecule has 5 heteroatoms. The SMILES string of the molecule is CCN(CC)c1ccc(Nc2nccc(Nc3ccccc3C(C)C)n2)cc1. The predicted octanol–water partition coefficient (Wildman–Crippen LogP) is 5.93. The summed E-state index contributed by atoms with van der Waals surface area (Å²) in [5.74, 6) is 1.78. The van der Waals surface area contributed by atoms with E-state index in [1.54, 1.807) is 6.20 Å². The van der Waals surface area contributed by atoms with Crippen molar-refractivity contribution >= 4 is 28.8 Å². The molecule has 3 rings (SSSR count). The molecule has 0 spiro atoms. The Bertz CT molecular complexity index is 886. The van der Waals surface area contributed by atoms with Crippen molar-refractivity contribution in [1.82, 2.24) is 9.97 Å². The molecule has 0 fully saturated rings. The summed E-state index contributed by atoms with van der Waals surface area (Å²) in [6.45, 7) is 10.7. The lowest BCUT2D eigenvalue weighted by Crippen LogP contribution is -2.21. The van der Waals surface area contributed by atoms with E-state index < -0.39 is 0 Å². The van der Waals surface area contributed by atoms with E-state index in [9.17, 15) is 0 Å². The molecule has 0 aliphatic rings. The molecule has 1 heterocycles. The lowest BCUT2D eigenvalue weighted by Gasteiger charge is -2.21. The Labute approximate surface area is 167 Å². The quantitative estimate of drug-likeness (QED) is 0.511. The Kier molecular flexibility index (Phi) is 6.48. The normalized spacial score (nSPS) is 10.8. The second kappa shape index (κ2) is 9.22. The van der Waals surface area contributed by atoms with Crippen LogP contribution in [0.4, 0.5) is 28.8 Å². The summed E-state index contributed by atoms with van der Waals surface area (Å²) in [6, 6.07) is 18.6. The van der Waals surface area contributed by atoms with Gasteiger partial charge in [0.1, 0.15) is 5.82 Å². The molecule has 0 aliphatic carbocycles. The minimum Gasteiger partial charge on any atom is -0.372 e. The highest BCUT2D eigenvalue weighted by Crippen LogP contribution is 2.26. The number of hydrogen-bond donors (Lipinski definition) is 2. The maximum Gasteiger partial charge on any atom is 0.229 e. The first kappa shape index (κ1) is 19.7. The van der Waals surface area contributed by atoms with Gasteiger partial charge in [-0.3, -0.25) is 0 Å². The van der Waals surface area contributed by atoms with Crippen molar-refractivity contribution in [2.75, 3.05) is 28.6 Å². The summed E-state index contributed by atoms with van der Waals surface area (Å²) in [5.41, 5.74) is 4.53. The summed E-state index contributed by atoms with van der Waals surface area (Å²) in [5, 5.41) is 6.71. The summed E-state index contributed by atoms with van der Waals surface area (Å²) < 4.78 is 0. The number of nitrogens with zero attached hydrogens (tertiary/aromatic N) is 3. The largest absolute Gasteiger partial charge is 0.372 e. The van der Waals surface area contributed by atoms with Crippen molar-refractivity contribution in [1.29, 1.82) is 0 Å². The van der Waals surface area contributed by atoms with Crippen LogP contribution in [0.15, 0.2) is 60.8 Å². The van der Waals surface area contributed by atoms with Crippen LogP contribution in [0.5, 0.6) is 0 Å². The fourth-order valence-electron chi connectivity index (χ4n) is 3.21. The van der Waals surface area contributed by atoms with Gasteiger partial charge in [-0.25, -0.2) is 4.98 Å². The Balaban J connectivity index is 1.74. The van der Waals surface area contributed by atoms with E-state index in [0.717, 1.165) is 30.3 Å². The molecule has 0 radical (unpaired) electrons. The van der Waals surface area contributed by atoms with Gasteiger partial charge in [0.2, 0.25) is 5.95 Å². The summed E-state index contributed by atoms with van der Waals surface area (Å²) in [4.78, 5) is 11.3. The zero-order valence-electron chi connectivity index (χ0n) is 17.1. The van der Waals surface area contributed by atoms with Gasteiger partial charge in [-0.15, -0.1) is 0 Å². The van der Waals surface area contributed by atoms with E-state index in [0.29, 0.717) is 11.9 Å². The third kappa shape index (κ3) is 4.80. The number of hydrogen-bond acceptors (Lipinski definition) is 5. The van der Waals surface area contributed by atoms with Crippen LogP contribution < -0.4 is 15.5 Å². The lowest BCUT2D eigenvalue weighted by molar-refractivity contribution is 0.866. The molecule has 28 heavy (non-hydrogen) atoms. The third-order valence-electron chi connectivity index (χ3n) is 4.75. The first-order valence-electron chi connectivity index (χ1n) is 9.91. The minimum absolute atomic E-state index is 0.437. The van der Waals surface area contributed by atoms with Crippen LogP contribution in [-0.4, -0.2) is 23.1 Å². The van der Waals surface area contributed by atoms with Crippen LogP contribution in [0.2, 0.25) is 0 Å². The molecule has 0 saturated heterocycles. The van der Waals surface area contributed by atoms with Crippen LogP contribution in [-0.2, 0) is 0 Å². The Morgan fingerprint density at radius 1 is 0.893 bits per heavy atom. The molecule has 2 aromatic carbocycles. The van der Waals surface area contributed by atoms with Crippen molar-refractivity contribution in [2.45, 2.75) is 33.6 Å². The third-order valence-corrected chi connectivity index (χ3v) is 4.75. The van der Waals surface area contributed by atoms with Crippen molar-refractivity contribution < 1.29 is 0 Å². The summed E-state index contributed by atoms with van der Waals surface area (Å²) in [7, 11) is 0. The molecule has 2 N–H and O–H groups in total. The molecule has 0 atom stereocenters. The zero-order chi connectivity index (χ0) is 19.9. The van der Waals surface area contributed by atoms with E-state index in [1.165, 1.54) is 11.3 Å². The van der Waals surface area contributed by atoms with E-state index in [-0.39, 0.29) is 0 Å². The number of nitrogens with one attached hydrogen (secondary N) is 2. The van der Waals surface area contributed by atoms with Crippen LogP contribution in [0.1, 0.15) is 39.2 Å². The van der Waals surface area contributed by atoms with Crippen LogP contribution in [0.25, 0.3) is 0 Å². The van der Waals surface area contributed by atoms with Gasteiger partial charge in [0.25, 0.3) is 0 Å². The van der Waals surface area contributed by atoms with Crippen LogP contribution >= 0.6 is 0 Å². The monoisotopic (exact) mass is 375 g/mol. The van der Waals surface area contributed by atoms with Crippen molar-refractivity contribution in [3.8, 4) is 0 Å². The van der Waals surface area contributed by atoms with Gasteiger partial charge in [0.15, 0.2) is 0 Å². The molecule has 3 aromatic rings.